The van der Waals surface area contributed by atoms with Crippen molar-refractivity contribution in [1.29, 1.82) is 0 Å². The summed E-state index contributed by atoms with van der Waals surface area (Å²) in [5, 5.41) is 0. The Labute approximate surface area is 91.5 Å². The molecule has 1 aromatic heterocycles. The second kappa shape index (κ2) is 3.38. The number of hydrogen-bond acceptors (Lipinski definition) is 1. The van der Waals surface area contributed by atoms with Crippen LogP contribution in [0.5, 0.6) is 0 Å². The number of hydrogen-bond donors (Lipinski definition) is 1. The largest absolute Gasteiger partial charge is 0.351 e. The summed E-state index contributed by atoms with van der Waals surface area (Å²) < 4.78 is 2.44. The van der Waals surface area contributed by atoms with Gasteiger partial charge in [-0.2, -0.15) is 0 Å². The molecule has 2 nitrogen and oxygen atoms in total. The molecule has 2 heterocycles. The summed E-state index contributed by atoms with van der Waals surface area (Å²) in [6.07, 6.45) is 11.2. The van der Waals surface area contributed by atoms with Crippen molar-refractivity contribution in [3.63, 3.8) is 0 Å². The minimum Gasteiger partial charge on any atom is -0.351 e. The molecular formula is C13H20N2. The van der Waals surface area contributed by atoms with Crippen LogP contribution in [0.15, 0.2) is 12.3 Å². The Balaban J connectivity index is 1.67. The van der Waals surface area contributed by atoms with Crippen LogP contribution in [0.2, 0.25) is 0 Å². The number of aryl methyl sites for hydroxylation is 3. The van der Waals surface area contributed by atoms with E-state index in [4.69, 9.17) is 5.73 Å². The number of fused-ring (bicyclic) bond motifs is 1. The van der Waals surface area contributed by atoms with E-state index >= 15 is 0 Å². The summed E-state index contributed by atoms with van der Waals surface area (Å²) in [6.45, 7) is 1.23. The van der Waals surface area contributed by atoms with E-state index in [0.29, 0.717) is 0 Å². The van der Waals surface area contributed by atoms with E-state index in [1.165, 1.54) is 62.7 Å². The third-order valence-electron chi connectivity index (χ3n) is 3.93. The molecule has 0 spiro atoms. The highest BCUT2D eigenvalue weighted by atomic mass is 15.0. The summed E-state index contributed by atoms with van der Waals surface area (Å²) in [7, 11) is 0. The monoisotopic (exact) mass is 204 g/mol. The fraction of sp³-hybridized carbons (Fsp3) is 0.692. The van der Waals surface area contributed by atoms with E-state index in [2.05, 4.69) is 16.8 Å². The summed E-state index contributed by atoms with van der Waals surface area (Å²) in [5.74, 6) is 0. The standard InChI is InChI=1S/C13H20N2/c14-13(6-7-13)5-4-11-9-12-3-1-2-8-15(12)10-11/h9-10H,1-8,14H2. The van der Waals surface area contributed by atoms with Gasteiger partial charge < -0.3 is 10.3 Å². The third-order valence-corrected chi connectivity index (χ3v) is 3.93. The third kappa shape index (κ3) is 1.96. The number of rotatable bonds is 3. The second-order valence-electron chi connectivity index (χ2n) is 5.35. The first kappa shape index (κ1) is 9.46. The van der Waals surface area contributed by atoms with E-state index < -0.39 is 0 Å². The Morgan fingerprint density at radius 3 is 2.93 bits per heavy atom. The van der Waals surface area contributed by atoms with Crippen LogP contribution in [-0.2, 0) is 19.4 Å². The topological polar surface area (TPSA) is 30.9 Å². The van der Waals surface area contributed by atoms with Gasteiger partial charge in [0.15, 0.2) is 0 Å². The van der Waals surface area contributed by atoms with Crippen molar-refractivity contribution in [3.05, 3.63) is 23.5 Å². The molecule has 0 amide bonds. The predicted molar refractivity (Wildman–Crippen MR) is 61.8 cm³/mol. The molecule has 0 bridgehead atoms. The zero-order chi connectivity index (χ0) is 10.3. The zero-order valence-electron chi connectivity index (χ0n) is 9.34. The van der Waals surface area contributed by atoms with Gasteiger partial charge in [-0.1, -0.05) is 0 Å². The van der Waals surface area contributed by atoms with Crippen LogP contribution in [-0.4, -0.2) is 10.1 Å². The molecule has 3 rings (SSSR count). The average Bonchev–Trinajstić information content (AvgIpc) is 2.83. The fourth-order valence-corrected chi connectivity index (χ4v) is 2.57. The van der Waals surface area contributed by atoms with E-state index in [9.17, 15) is 0 Å². The molecule has 0 atom stereocenters. The van der Waals surface area contributed by atoms with Crippen LogP contribution in [0.4, 0.5) is 0 Å². The molecule has 1 aliphatic heterocycles. The molecule has 0 saturated heterocycles. The Morgan fingerprint density at radius 1 is 1.33 bits per heavy atom. The van der Waals surface area contributed by atoms with Gasteiger partial charge in [0.05, 0.1) is 0 Å². The van der Waals surface area contributed by atoms with Crippen LogP contribution in [0, 0.1) is 0 Å². The molecule has 0 radical (unpaired) electrons. The molecule has 2 heteroatoms. The van der Waals surface area contributed by atoms with E-state index in [1.54, 1.807) is 0 Å². The lowest BCUT2D eigenvalue weighted by molar-refractivity contribution is 0.532. The highest BCUT2D eigenvalue weighted by molar-refractivity contribution is 5.21. The highest BCUT2D eigenvalue weighted by Gasteiger charge is 2.37. The van der Waals surface area contributed by atoms with Crippen molar-refractivity contribution in [2.24, 2.45) is 5.73 Å². The maximum atomic E-state index is 6.11. The molecule has 1 aromatic rings. The maximum absolute atomic E-state index is 6.11. The van der Waals surface area contributed by atoms with Crippen LogP contribution < -0.4 is 5.73 Å². The van der Waals surface area contributed by atoms with Crippen molar-refractivity contribution in [1.82, 2.24) is 4.57 Å². The van der Waals surface area contributed by atoms with Crippen LogP contribution in [0.1, 0.15) is 43.4 Å². The van der Waals surface area contributed by atoms with Gasteiger partial charge in [0.1, 0.15) is 0 Å². The molecule has 0 aromatic carbocycles. The van der Waals surface area contributed by atoms with E-state index in [1.807, 2.05) is 0 Å². The first-order valence-electron chi connectivity index (χ1n) is 6.22. The summed E-state index contributed by atoms with van der Waals surface area (Å²) in [6, 6.07) is 2.39. The van der Waals surface area contributed by atoms with Gasteiger partial charge in [0.25, 0.3) is 0 Å². The van der Waals surface area contributed by atoms with Gasteiger partial charge in [-0.05, 0) is 56.6 Å². The first-order valence-corrected chi connectivity index (χ1v) is 6.22. The number of aromatic nitrogens is 1. The van der Waals surface area contributed by atoms with Crippen molar-refractivity contribution >= 4 is 0 Å². The minimum absolute atomic E-state index is 0.211. The molecule has 1 aliphatic carbocycles. The Bertz CT molecular complexity index is 337. The molecule has 1 saturated carbocycles. The molecule has 0 unspecified atom stereocenters. The molecule has 2 N–H and O–H groups in total. The SMILES string of the molecule is NC1(CCc2cc3n(c2)CCCC3)CC1. The molecular weight excluding hydrogens is 184 g/mol. The Kier molecular flexibility index (Phi) is 2.13. The lowest BCUT2D eigenvalue weighted by Crippen LogP contribution is -2.21. The summed E-state index contributed by atoms with van der Waals surface area (Å²) in [5.41, 5.74) is 9.36. The van der Waals surface area contributed by atoms with Crippen LogP contribution in [0.3, 0.4) is 0 Å². The van der Waals surface area contributed by atoms with Crippen LogP contribution in [0.25, 0.3) is 0 Å². The first-order chi connectivity index (χ1) is 7.25. The molecule has 2 aliphatic rings. The van der Waals surface area contributed by atoms with Crippen molar-refractivity contribution in [2.75, 3.05) is 0 Å². The molecule has 15 heavy (non-hydrogen) atoms. The Morgan fingerprint density at radius 2 is 2.20 bits per heavy atom. The molecule has 82 valence electrons. The van der Waals surface area contributed by atoms with Gasteiger partial charge in [0, 0.05) is 24.0 Å². The van der Waals surface area contributed by atoms with Crippen LogP contribution >= 0.6 is 0 Å². The van der Waals surface area contributed by atoms with Crippen molar-refractivity contribution in [2.45, 2.75) is 57.0 Å². The smallest absolute Gasteiger partial charge is 0.0222 e. The second-order valence-corrected chi connectivity index (χ2v) is 5.35. The Hall–Kier alpha value is -0.760. The van der Waals surface area contributed by atoms with Gasteiger partial charge in [-0.3, -0.25) is 0 Å². The minimum atomic E-state index is 0.211. The molecule has 1 fully saturated rings. The van der Waals surface area contributed by atoms with E-state index in [-0.39, 0.29) is 5.54 Å². The fourth-order valence-electron chi connectivity index (χ4n) is 2.57. The normalized spacial score (nSPS) is 22.5. The number of nitrogens with two attached hydrogens (primary N) is 1. The van der Waals surface area contributed by atoms with Gasteiger partial charge >= 0.3 is 0 Å². The highest BCUT2D eigenvalue weighted by Crippen LogP contribution is 2.36. The predicted octanol–water partition coefficient (Wildman–Crippen LogP) is 2.25. The quantitative estimate of drug-likeness (QED) is 0.804. The zero-order valence-corrected chi connectivity index (χ0v) is 9.34. The van der Waals surface area contributed by atoms with E-state index in [0.717, 1.165) is 0 Å². The van der Waals surface area contributed by atoms with Gasteiger partial charge in [-0.15, -0.1) is 0 Å². The number of nitrogens with zero attached hydrogens (tertiary/aromatic N) is 1. The summed E-state index contributed by atoms with van der Waals surface area (Å²) >= 11 is 0. The lowest BCUT2D eigenvalue weighted by Gasteiger charge is -2.13. The average molecular weight is 204 g/mol. The summed E-state index contributed by atoms with van der Waals surface area (Å²) in [4.78, 5) is 0. The van der Waals surface area contributed by atoms with Crippen molar-refractivity contribution < 1.29 is 0 Å². The van der Waals surface area contributed by atoms with Crippen molar-refractivity contribution in [3.8, 4) is 0 Å². The lowest BCUT2D eigenvalue weighted by atomic mass is 10.1. The van der Waals surface area contributed by atoms with Gasteiger partial charge in [0.2, 0.25) is 0 Å². The van der Waals surface area contributed by atoms with Gasteiger partial charge in [-0.25, -0.2) is 0 Å². The maximum Gasteiger partial charge on any atom is 0.0222 e.